The zero-order chi connectivity index (χ0) is 23.4. The predicted octanol–water partition coefficient (Wildman–Crippen LogP) is 11.7. The molecule has 0 aliphatic heterocycles. The van der Waals surface area contributed by atoms with Crippen LogP contribution in [0.25, 0.3) is 0 Å². The van der Waals surface area contributed by atoms with Crippen LogP contribution >= 0.6 is 37.0 Å². The van der Waals surface area contributed by atoms with Crippen molar-refractivity contribution in [1.29, 1.82) is 0 Å². The zero-order valence-corrected chi connectivity index (χ0v) is 26.4. The summed E-state index contributed by atoms with van der Waals surface area (Å²) in [7, 11) is 11.2. The van der Waals surface area contributed by atoms with Crippen LogP contribution < -0.4 is 0 Å². The Kier molecular flexibility index (Phi) is 63.6. The second-order valence-corrected chi connectivity index (χ2v) is 15.0. The molecule has 4 heteroatoms. The second kappa shape index (κ2) is 37.3. The molecule has 0 aromatic carbocycles. The minimum Gasteiger partial charge on any atom is -0.135 e. The first-order valence-corrected chi connectivity index (χ1v) is 14.2. The highest BCUT2D eigenvalue weighted by Crippen LogP contribution is 2.12. The Morgan fingerprint density at radius 3 is 0.406 bits per heavy atom. The van der Waals surface area contributed by atoms with E-state index in [4.69, 9.17) is 0 Å². The first-order valence-electron chi connectivity index (χ1n) is 11.5. The van der Waals surface area contributed by atoms with Crippen LogP contribution in [0, 0.1) is 23.7 Å². The van der Waals surface area contributed by atoms with E-state index in [-0.39, 0.29) is 29.7 Å². The average Bonchev–Trinajstić information content (AvgIpc) is 2.32. The number of hydrogen-bond acceptors (Lipinski definition) is 0. The van der Waals surface area contributed by atoms with E-state index in [0.29, 0.717) is 0 Å². The molecule has 0 aliphatic carbocycles. The molecule has 0 bridgehead atoms. The van der Waals surface area contributed by atoms with Crippen molar-refractivity contribution in [1.82, 2.24) is 0 Å². The minimum atomic E-state index is 0. The van der Waals surface area contributed by atoms with Crippen LogP contribution in [-0.4, -0.2) is 22.6 Å². The smallest absolute Gasteiger partial charge is 0.0290 e. The Morgan fingerprint density at radius 2 is 0.406 bits per heavy atom. The molecule has 0 amide bonds. The summed E-state index contributed by atoms with van der Waals surface area (Å²) < 4.78 is 0. The minimum absolute atomic E-state index is 0. The van der Waals surface area contributed by atoms with Crippen LogP contribution in [0.15, 0.2) is 0 Å². The van der Waals surface area contributed by atoms with Crippen molar-refractivity contribution < 1.29 is 0 Å². The number of hydrogen-bond donors (Lipinski definition) is 0. The summed E-state index contributed by atoms with van der Waals surface area (Å²) in [6.45, 7) is 26.9. The molecular formula is C28H76P4. The van der Waals surface area contributed by atoms with Gasteiger partial charge >= 0.3 is 0 Å². The summed E-state index contributed by atoms with van der Waals surface area (Å²) in [6, 6.07) is 0. The maximum Gasteiger partial charge on any atom is -0.0290 e. The van der Waals surface area contributed by atoms with Crippen molar-refractivity contribution >= 4 is 37.0 Å². The lowest BCUT2D eigenvalue weighted by Crippen LogP contribution is -1.95. The fraction of sp³-hybridized carbons (Fsp3) is 1.00. The molecule has 0 rings (SSSR count). The quantitative estimate of drug-likeness (QED) is 0.271. The van der Waals surface area contributed by atoms with Gasteiger partial charge in [0.1, 0.15) is 0 Å². The van der Waals surface area contributed by atoms with E-state index < -0.39 is 0 Å². The Balaban J connectivity index is -0.0000000384. The van der Waals surface area contributed by atoms with Gasteiger partial charge in [-0.1, -0.05) is 113 Å². The highest BCUT2D eigenvalue weighted by atomic mass is 31.0. The molecule has 0 aromatic heterocycles. The van der Waals surface area contributed by atoms with Gasteiger partial charge < -0.3 is 0 Å². The third-order valence-electron chi connectivity index (χ3n) is 3.37. The first kappa shape index (κ1) is 54.6. The summed E-state index contributed by atoms with van der Waals surface area (Å²) in [5, 5.41) is 0. The van der Waals surface area contributed by atoms with E-state index >= 15 is 0 Å². The molecule has 208 valence electrons. The zero-order valence-electron chi connectivity index (χ0n) is 21.8. The van der Waals surface area contributed by atoms with Gasteiger partial charge in [-0.2, -0.15) is 0 Å². The van der Waals surface area contributed by atoms with Gasteiger partial charge in [0, 0.05) is 0 Å². The van der Waals surface area contributed by atoms with E-state index in [1.807, 2.05) is 0 Å². The third-order valence-corrected chi connectivity index (χ3v) is 4.46. The van der Waals surface area contributed by atoms with Gasteiger partial charge in [0.2, 0.25) is 0 Å². The highest BCUT2D eigenvalue weighted by molar-refractivity contribution is 7.18. The highest BCUT2D eigenvalue weighted by Gasteiger charge is 1.97. The fourth-order valence-corrected chi connectivity index (χ4v) is 5.15. The lowest BCUT2D eigenvalue weighted by molar-refractivity contribution is 0.585. The summed E-state index contributed by atoms with van der Waals surface area (Å²) in [6.07, 6.45) is 5.30. The molecule has 0 fully saturated rings. The SMILES string of the molecule is C.C.C.C.CC(C)CC(C)P.CC(C)CC(C)P.CC(C)CC(C)P.CC(C)CC(C)P. The van der Waals surface area contributed by atoms with Gasteiger partial charge in [-0.25, -0.2) is 0 Å². The molecule has 8 unspecified atom stereocenters. The van der Waals surface area contributed by atoms with Crippen LogP contribution in [0.5, 0.6) is 0 Å². The molecule has 0 aromatic rings. The van der Waals surface area contributed by atoms with Crippen molar-refractivity contribution in [3.63, 3.8) is 0 Å². The van der Waals surface area contributed by atoms with Crippen LogP contribution in [0.1, 0.15) is 138 Å². The van der Waals surface area contributed by atoms with E-state index in [9.17, 15) is 0 Å². The normalized spacial score (nSPS) is 13.1. The van der Waals surface area contributed by atoms with Crippen LogP contribution in [-0.2, 0) is 0 Å². The molecule has 0 saturated carbocycles. The van der Waals surface area contributed by atoms with Crippen LogP contribution in [0.4, 0.5) is 0 Å². The van der Waals surface area contributed by atoms with Gasteiger partial charge in [0.15, 0.2) is 0 Å². The van der Waals surface area contributed by atoms with Gasteiger partial charge in [-0.3, -0.25) is 0 Å². The molecular weight excluding hydrogens is 460 g/mol. The molecule has 0 radical (unpaired) electrons. The maximum absolute atomic E-state index is 2.80. The summed E-state index contributed by atoms with van der Waals surface area (Å²) in [4.78, 5) is 0. The topological polar surface area (TPSA) is 0 Å². The molecule has 0 nitrogen and oxygen atoms in total. The third kappa shape index (κ3) is 95.3. The Labute approximate surface area is 221 Å². The van der Waals surface area contributed by atoms with E-state index in [1.54, 1.807) is 0 Å². The van der Waals surface area contributed by atoms with Crippen LogP contribution in [0.3, 0.4) is 0 Å². The first-order chi connectivity index (χ1) is 12.5. The standard InChI is InChI=1S/4C6H15P.4CH4/c4*1-5(2)4-6(3)7;;;;/h4*5-6H,4,7H2,1-3H3;4*1H4. The van der Waals surface area contributed by atoms with Crippen molar-refractivity contribution in [2.75, 3.05) is 0 Å². The Morgan fingerprint density at radius 1 is 0.312 bits per heavy atom. The van der Waals surface area contributed by atoms with E-state index in [2.05, 4.69) is 120 Å². The van der Waals surface area contributed by atoms with Crippen LogP contribution in [0.2, 0.25) is 0 Å². The van der Waals surface area contributed by atoms with Crippen molar-refractivity contribution in [2.45, 2.75) is 161 Å². The maximum atomic E-state index is 2.80. The second-order valence-electron chi connectivity index (χ2n) is 10.4. The molecule has 0 spiro atoms. The monoisotopic (exact) mass is 536 g/mol. The van der Waals surface area contributed by atoms with Gasteiger partial charge in [-0.05, 0) is 72.0 Å². The van der Waals surface area contributed by atoms with E-state index in [1.165, 1.54) is 25.7 Å². The fourth-order valence-electron chi connectivity index (χ4n) is 2.97. The van der Waals surface area contributed by atoms with Gasteiger partial charge in [-0.15, -0.1) is 37.0 Å². The largest absolute Gasteiger partial charge is 0.135 e. The Bertz CT molecular complexity index is 191. The molecule has 0 aliphatic rings. The van der Waals surface area contributed by atoms with Crippen molar-refractivity contribution in [3.05, 3.63) is 0 Å². The summed E-state index contributed by atoms with van der Waals surface area (Å²) in [5.41, 5.74) is 3.17. The van der Waals surface area contributed by atoms with Crippen molar-refractivity contribution in [3.8, 4) is 0 Å². The molecule has 8 atom stereocenters. The van der Waals surface area contributed by atoms with E-state index in [0.717, 1.165) is 46.3 Å². The molecule has 0 saturated heterocycles. The van der Waals surface area contributed by atoms with Gasteiger partial charge in [0.25, 0.3) is 0 Å². The predicted molar refractivity (Wildman–Crippen MR) is 181 cm³/mol. The summed E-state index contributed by atoms with van der Waals surface area (Å²) >= 11 is 0. The summed E-state index contributed by atoms with van der Waals surface area (Å²) in [5.74, 6) is 3.42. The molecule has 32 heavy (non-hydrogen) atoms. The Hall–Kier alpha value is 1.72. The van der Waals surface area contributed by atoms with Crippen molar-refractivity contribution in [2.24, 2.45) is 23.7 Å². The van der Waals surface area contributed by atoms with Gasteiger partial charge in [0.05, 0.1) is 0 Å². The molecule has 0 heterocycles. The lowest BCUT2D eigenvalue weighted by atomic mass is 10.1. The number of rotatable bonds is 8. The lowest BCUT2D eigenvalue weighted by Gasteiger charge is -2.05. The average molecular weight is 537 g/mol. The molecule has 0 N–H and O–H groups in total.